The van der Waals surface area contributed by atoms with Crippen LogP contribution in [0.3, 0.4) is 0 Å². The van der Waals surface area contributed by atoms with Crippen LogP contribution in [0.25, 0.3) is 0 Å². The summed E-state index contributed by atoms with van der Waals surface area (Å²) in [4.78, 5) is 33.0. The average Bonchev–Trinajstić information content (AvgIpc) is 3.48. The summed E-state index contributed by atoms with van der Waals surface area (Å²) in [5, 5.41) is 4.29. The minimum Gasteiger partial charge on any atom is -0.466 e. The Hall–Kier alpha value is -2.37. The molecule has 0 N–H and O–H groups in total. The van der Waals surface area contributed by atoms with Crippen LogP contribution in [0.15, 0.2) is 29.4 Å². The molecule has 0 spiro atoms. The first-order valence-electron chi connectivity index (χ1n) is 10.8. The summed E-state index contributed by atoms with van der Waals surface area (Å²) in [5.41, 5.74) is 2.60. The Labute approximate surface area is 172 Å². The fourth-order valence-electron chi connectivity index (χ4n) is 4.41. The van der Waals surface area contributed by atoms with Gasteiger partial charge in [0.25, 0.3) is 0 Å². The van der Waals surface area contributed by atoms with E-state index < -0.39 is 5.41 Å². The standard InChI is InChI=1S/C23H30N2O4/c1-3-28-22(27)23(10-12-25(13-11-23)21(26)18-8-9-18)15-19-14-20(24-29-19)17-6-4-16(2)5-7-17/h4-7,18-19H,3,8-15H2,1-2H3. The molecule has 1 saturated carbocycles. The first-order valence-corrected chi connectivity index (χ1v) is 10.8. The molecule has 6 nitrogen and oxygen atoms in total. The Morgan fingerprint density at radius 2 is 1.90 bits per heavy atom. The van der Waals surface area contributed by atoms with Crippen LogP contribution in [0.5, 0.6) is 0 Å². The summed E-state index contributed by atoms with van der Waals surface area (Å²) >= 11 is 0. The van der Waals surface area contributed by atoms with Crippen molar-refractivity contribution in [2.24, 2.45) is 16.5 Å². The van der Waals surface area contributed by atoms with Crippen LogP contribution in [0, 0.1) is 18.3 Å². The Morgan fingerprint density at radius 3 is 2.52 bits per heavy atom. The van der Waals surface area contributed by atoms with Gasteiger partial charge < -0.3 is 14.5 Å². The Balaban J connectivity index is 1.41. The summed E-state index contributed by atoms with van der Waals surface area (Å²) < 4.78 is 5.44. The number of aryl methyl sites for hydroxylation is 1. The Bertz CT molecular complexity index is 790. The zero-order valence-electron chi connectivity index (χ0n) is 17.4. The molecule has 2 fully saturated rings. The molecule has 1 amide bonds. The lowest BCUT2D eigenvalue weighted by Gasteiger charge is -2.40. The number of hydrogen-bond donors (Lipinski definition) is 0. The highest BCUT2D eigenvalue weighted by Crippen LogP contribution is 2.41. The fraction of sp³-hybridized carbons (Fsp3) is 0.609. The van der Waals surface area contributed by atoms with Crippen LogP contribution in [0.1, 0.15) is 56.6 Å². The molecule has 29 heavy (non-hydrogen) atoms. The van der Waals surface area contributed by atoms with Gasteiger partial charge in [-0.2, -0.15) is 0 Å². The highest BCUT2D eigenvalue weighted by molar-refractivity contribution is 6.01. The number of piperidine rings is 1. The molecular weight excluding hydrogens is 368 g/mol. The molecule has 1 atom stereocenters. The number of amides is 1. The highest BCUT2D eigenvalue weighted by atomic mass is 16.6. The van der Waals surface area contributed by atoms with Crippen LogP contribution in [-0.2, 0) is 19.2 Å². The predicted molar refractivity (Wildman–Crippen MR) is 109 cm³/mol. The van der Waals surface area contributed by atoms with Gasteiger partial charge in [-0.3, -0.25) is 9.59 Å². The van der Waals surface area contributed by atoms with Crippen LogP contribution < -0.4 is 0 Å². The average molecular weight is 399 g/mol. The molecule has 0 aromatic heterocycles. The van der Waals surface area contributed by atoms with Gasteiger partial charge in [-0.1, -0.05) is 35.0 Å². The van der Waals surface area contributed by atoms with E-state index in [4.69, 9.17) is 9.57 Å². The van der Waals surface area contributed by atoms with E-state index in [9.17, 15) is 9.59 Å². The number of rotatable bonds is 6. The van der Waals surface area contributed by atoms with Gasteiger partial charge in [0.1, 0.15) is 6.10 Å². The smallest absolute Gasteiger partial charge is 0.312 e. The van der Waals surface area contributed by atoms with Crippen molar-refractivity contribution < 1.29 is 19.2 Å². The van der Waals surface area contributed by atoms with Gasteiger partial charge in [-0.15, -0.1) is 0 Å². The molecule has 2 aliphatic heterocycles. The van der Waals surface area contributed by atoms with E-state index in [2.05, 4.69) is 36.3 Å². The van der Waals surface area contributed by atoms with Gasteiger partial charge in [-0.25, -0.2) is 0 Å². The molecule has 1 aromatic carbocycles. The zero-order chi connectivity index (χ0) is 20.4. The van der Waals surface area contributed by atoms with Crippen molar-refractivity contribution in [1.82, 2.24) is 4.90 Å². The van der Waals surface area contributed by atoms with Gasteiger partial charge in [-0.05, 0) is 45.1 Å². The monoisotopic (exact) mass is 398 g/mol. The predicted octanol–water partition coefficient (Wildman–Crippen LogP) is 3.46. The van der Waals surface area contributed by atoms with Crippen LogP contribution >= 0.6 is 0 Å². The molecule has 1 aromatic rings. The number of hydrogen-bond acceptors (Lipinski definition) is 5. The number of carbonyl (C=O) groups excluding carboxylic acids is 2. The third-order valence-corrected chi connectivity index (χ3v) is 6.40. The lowest BCUT2D eigenvalue weighted by Crippen LogP contribution is -2.48. The van der Waals surface area contributed by atoms with Crippen LogP contribution in [0.4, 0.5) is 0 Å². The van der Waals surface area contributed by atoms with Gasteiger partial charge in [0.05, 0.1) is 17.7 Å². The molecule has 1 saturated heterocycles. The number of esters is 1. The lowest BCUT2D eigenvalue weighted by atomic mass is 9.73. The third kappa shape index (κ3) is 4.31. The number of ether oxygens (including phenoxy) is 1. The maximum absolute atomic E-state index is 12.9. The molecule has 4 rings (SSSR count). The molecule has 3 aliphatic rings. The van der Waals surface area contributed by atoms with Crippen LogP contribution in [-0.4, -0.2) is 48.3 Å². The number of nitrogens with zero attached hydrogens (tertiary/aromatic N) is 2. The lowest BCUT2D eigenvalue weighted by molar-refractivity contribution is -0.163. The minimum absolute atomic E-state index is 0.138. The summed E-state index contributed by atoms with van der Waals surface area (Å²) in [5.74, 6) is 0.309. The van der Waals surface area contributed by atoms with E-state index in [0.29, 0.717) is 45.4 Å². The van der Waals surface area contributed by atoms with Gasteiger partial charge >= 0.3 is 5.97 Å². The molecule has 0 radical (unpaired) electrons. The second kappa shape index (κ2) is 8.17. The number of benzene rings is 1. The summed E-state index contributed by atoms with van der Waals surface area (Å²) in [7, 11) is 0. The van der Waals surface area contributed by atoms with E-state index >= 15 is 0 Å². The largest absolute Gasteiger partial charge is 0.466 e. The van der Waals surface area contributed by atoms with Crippen molar-refractivity contribution in [2.75, 3.05) is 19.7 Å². The normalized spacial score (nSPS) is 23.3. The van der Waals surface area contributed by atoms with Crippen LogP contribution in [0.2, 0.25) is 0 Å². The highest BCUT2D eigenvalue weighted by Gasteiger charge is 2.47. The SMILES string of the molecule is CCOC(=O)C1(CC2CC(c3ccc(C)cc3)=NO2)CCN(C(=O)C2CC2)CC1. The molecule has 1 aliphatic carbocycles. The molecular formula is C23H30N2O4. The van der Waals surface area contributed by atoms with E-state index in [1.54, 1.807) is 0 Å². The van der Waals surface area contributed by atoms with Gasteiger partial charge in [0.15, 0.2) is 0 Å². The number of oxime groups is 1. The summed E-state index contributed by atoms with van der Waals surface area (Å²) in [6.07, 6.45) is 4.40. The molecule has 2 heterocycles. The summed E-state index contributed by atoms with van der Waals surface area (Å²) in [6, 6.07) is 8.25. The summed E-state index contributed by atoms with van der Waals surface area (Å²) in [6.45, 7) is 5.49. The maximum Gasteiger partial charge on any atom is 0.312 e. The van der Waals surface area contributed by atoms with Gasteiger partial charge in [0.2, 0.25) is 5.91 Å². The van der Waals surface area contributed by atoms with E-state index in [0.717, 1.165) is 24.1 Å². The van der Waals surface area contributed by atoms with Crippen molar-refractivity contribution >= 4 is 17.6 Å². The number of carbonyl (C=O) groups is 2. The van der Waals surface area contributed by atoms with Crippen molar-refractivity contribution in [1.29, 1.82) is 0 Å². The zero-order valence-corrected chi connectivity index (χ0v) is 17.4. The quantitative estimate of drug-likeness (QED) is 0.688. The Morgan fingerprint density at radius 1 is 1.21 bits per heavy atom. The topological polar surface area (TPSA) is 68.2 Å². The molecule has 1 unspecified atom stereocenters. The first kappa shape index (κ1) is 19.9. The van der Waals surface area contributed by atoms with Crippen molar-refractivity contribution in [3.05, 3.63) is 35.4 Å². The molecule has 6 heteroatoms. The number of likely N-dealkylation sites (tertiary alicyclic amines) is 1. The minimum atomic E-state index is -0.598. The van der Waals surface area contributed by atoms with E-state index in [1.165, 1.54) is 5.56 Å². The first-order chi connectivity index (χ1) is 14.0. The van der Waals surface area contributed by atoms with Crippen molar-refractivity contribution in [3.8, 4) is 0 Å². The van der Waals surface area contributed by atoms with Crippen molar-refractivity contribution in [3.63, 3.8) is 0 Å². The van der Waals surface area contributed by atoms with E-state index in [-0.39, 0.29) is 23.9 Å². The van der Waals surface area contributed by atoms with Crippen molar-refractivity contribution in [2.45, 2.75) is 58.5 Å². The molecule has 0 bridgehead atoms. The van der Waals surface area contributed by atoms with E-state index in [1.807, 2.05) is 11.8 Å². The Kier molecular flexibility index (Phi) is 5.61. The molecule has 156 valence electrons. The third-order valence-electron chi connectivity index (χ3n) is 6.40. The second-order valence-electron chi connectivity index (χ2n) is 8.64. The fourth-order valence-corrected chi connectivity index (χ4v) is 4.41. The second-order valence-corrected chi connectivity index (χ2v) is 8.64. The maximum atomic E-state index is 12.9. The van der Waals surface area contributed by atoms with Gasteiger partial charge in [0, 0.05) is 31.8 Å².